The summed E-state index contributed by atoms with van der Waals surface area (Å²) < 4.78 is 2.49. The molecular weight excluding hydrogens is 144 g/mol. The van der Waals surface area contributed by atoms with Crippen LogP contribution in [0.15, 0.2) is 10.9 Å². The molecule has 5 heteroatoms. The topological polar surface area (TPSA) is 52.7 Å². The highest BCUT2D eigenvalue weighted by Crippen LogP contribution is 1.76. The molecule has 1 aromatic rings. The van der Waals surface area contributed by atoms with E-state index in [2.05, 4.69) is 10.4 Å². The summed E-state index contributed by atoms with van der Waals surface area (Å²) in [5.74, 6) is 0. The zero-order chi connectivity index (χ0) is 8.27. The van der Waals surface area contributed by atoms with Crippen LogP contribution in [-0.2, 0) is 6.54 Å². The van der Waals surface area contributed by atoms with Crippen LogP contribution in [0.4, 0.5) is 0 Å². The number of aromatic nitrogens is 4. The standard InChI is InChI=1S/C6H10N4O/c1-3-5-10-6(11)9(4-2)7-8-10/h3,5H,4H2,1-2H3/b5-3-. The maximum Gasteiger partial charge on any atom is 0.367 e. The first-order chi connectivity index (χ1) is 5.29. The fourth-order valence-electron chi connectivity index (χ4n) is 0.719. The van der Waals surface area contributed by atoms with Crippen molar-refractivity contribution in [3.8, 4) is 0 Å². The van der Waals surface area contributed by atoms with Gasteiger partial charge in [0.25, 0.3) is 0 Å². The summed E-state index contributed by atoms with van der Waals surface area (Å²) in [5.41, 5.74) is -0.203. The van der Waals surface area contributed by atoms with Crippen LogP contribution in [0.5, 0.6) is 0 Å². The van der Waals surface area contributed by atoms with Crippen molar-refractivity contribution in [1.82, 2.24) is 19.8 Å². The van der Waals surface area contributed by atoms with Crippen LogP contribution in [0.3, 0.4) is 0 Å². The highest BCUT2D eigenvalue weighted by molar-refractivity contribution is 5.15. The Kier molecular flexibility index (Phi) is 2.20. The third kappa shape index (κ3) is 1.36. The Hall–Kier alpha value is -1.39. The van der Waals surface area contributed by atoms with Crippen LogP contribution >= 0.6 is 0 Å². The Bertz CT molecular complexity index is 309. The lowest BCUT2D eigenvalue weighted by Gasteiger charge is -1.85. The summed E-state index contributed by atoms with van der Waals surface area (Å²) in [6, 6.07) is 0. The van der Waals surface area contributed by atoms with Gasteiger partial charge in [0.05, 0.1) is 0 Å². The average molecular weight is 154 g/mol. The predicted octanol–water partition coefficient (Wildman–Crippen LogP) is -0.0497. The number of hydrogen-bond acceptors (Lipinski definition) is 3. The third-order valence-corrected chi connectivity index (χ3v) is 1.25. The van der Waals surface area contributed by atoms with Crippen molar-refractivity contribution in [3.05, 3.63) is 16.6 Å². The molecule has 60 valence electrons. The second-order valence-electron chi connectivity index (χ2n) is 2.00. The van der Waals surface area contributed by atoms with Crippen molar-refractivity contribution >= 4 is 6.20 Å². The second kappa shape index (κ2) is 3.14. The van der Waals surface area contributed by atoms with Crippen molar-refractivity contribution in [1.29, 1.82) is 0 Å². The summed E-state index contributed by atoms with van der Waals surface area (Å²) in [6.07, 6.45) is 3.30. The Morgan fingerprint density at radius 3 is 2.73 bits per heavy atom. The maximum absolute atomic E-state index is 11.1. The SMILES string of the molecule is C/C=C\n1nnn(CC)c1=O. The van der Waals surface area contributed by atoms with Crippen LogP contribution < -0.4 is 5.69 Å². The Labute approximate surface area is 63.9 Å². The quantitative estimate of drug-likeness (QED) is 0.600. The molecule has 0 fully saturated rings. The number of allylic oxidation sites excluding steroid dienone is 1. The highest BCUT2D eigenvalue weighted by atomic mass is 16.2. The van der Waals surface area contributed by atoms with E-state index in [-0.39, 0.29) is 5.69 Å². The van der Waals surface area contributed by atoms with Crippen LogP contribution in [0.1, 0.15) is 13.8 Å². The summed E-state index contributed by atoms with van der Waals surface area (Å²) in [7, 11) is 0. The van der Waals surface area contributed by atoms with Gasteiger partial charge in [0, 0.05) is 12.7 Å². The minimum atomic E-state index is -0.203. The maximum atomic E-state index is 11.1. The molecule has 0 spiro atoms. The molecule has 0 N–H and O–H groups in total. The van der Waals surface area contributed by atoms with E-state index in [1.807, 2.05) is 13.8 Å². The van der Waals surface area contributed by atoms with E-state index in [9.17, 15) is 4.79 Å². The molecule has 0 saturated heterocycles. The normalized spacial score (nSPS) is 11.1. The molecule has 0 radical (unpaired) electrons. The molecule has 0 unspecified atom stereocenters. The van der Waals surface area contributed by atoms with E-state index < -0.39 is 0 Å². The molecule has 0 saturated carbocycles. The van der Waals surface area contributed by atoms with Gasteiger partial charge in [-0.1, -0.05) is 6.08 Å². The van der Waals surface area contributed by atoms with Gasteiger partial charge in [-0.25, -0.2) is 4.79 Å². The van der Waals surface area contributed by atoms with E-state index >= 15 is 0 Å². The molecule has 1 rings (SSSR count). The van der Waals surface area contributed by atoms with E-state index in [1.165, 1.54) is 9.36 Å². The van der Waals surface area contributed by atoms with E-state index in [4.69, 9.17) is 0 Å². The first-order valence-corrected chi connectivity index (χ1v) is 3.44. The number of aryl methyl sites for hydroxylation is 1. The average Bonchev–Trinajstić information content (AvgIpc) is 2.34. The lowest BCUT2D eigenvalue weighted by atomic mass is 10.7. The molecule has 0 amide bonds. The summed E-state index contributed by atoms with van der Waals surface area (Å²) in [5, 5.41) is 7.23. The largest absolute Gasteiger partial charge is 0.367 e. The monoisotopic (exact) mass is 154 g/mol. The van der Waals surface area contributed by atoms with Gasteiger partial charge in [0.1, 0.15) is 0 Å². The molecule has 11 heavy (non-hydrogen) atoms. The van der Waals surface area contributed by atoms with Crippen molar-refractivity contribution < 1.29 is 0 Å². The molecule has 0 aliphatic rings. The predicted molar refractivity (Wildman–Crippen MR) is 41.0 cm³/mol. The molecule has 1 aromatic heterocycles. The van der Waals surface area contributed by atoms with E-state index in [0.717, 1.165) is 0 Å². The summed E-state index contributed by atoms with van der Waals surface area (Å²) in [6.45, 7) is 4.21. The van der Waals surface area contributed by atoms with Gasteiger partial charge in [0.15, 0.2) is 0 Å². The molecule has 5 nitrogen and oxygen atoms in total. The van der Waals surface area contributed by atoms with Gasteiger partial charge in [-0.15, -0.1) is 0 Å². The van der Waals surface area contributed by atoms with Gasteiger partial charge in [0.2, 0.25) is 0 Å². The molecule has 0 aromatic carbocycles. The highest BCUT2D eigenvalue weighted by Gasteiger charge is 1.99. The first kappa shape index (κ1) is 7.71. The van der Waals surface area contributed by atoms with Crippen LogP contribution in [-0.4, -0.2) is 19.8 Å². The third-order valence-electron chi connectivity index (χ3n) is 1.25. The minimum Gasteiger partial charge on any atom is -0.244 e. The molecule has 0 aliphatic carbocycles. The van der Waals surface area contributed by atoms with Crippen LogP contribution in [0, 0.1) is 0 Å². The van der Waals surface area contributed by atoms with Crippen molar-refractivity contribution in [2.45, 2.75) is 20.4 Å². The molecule has 0 aliphatic heterocycles. The number of tetrazole rings is 1. The Morgan fingerprint density at radius 2 is 2.27 bits per heavy atom. The smallest absolute Gasteiger partial charge is 0.244 e. The van der Waals surface area contributed by atoms with Gasteiger partial charge in [-0.05, 0) is 24.3 Å². The van der Waals surface area contributed by atoms with Gasteiger partial charge >= 0.3 is 5.69 Å². The first-order valence-electron chi connectivity index (χ1n) is 3.44. The summed E-state index contributed by atoms with van der Waals surface area (Å²) >= 11 is 0. The molecule has 0 bridgehead atoms. The van der Waals surface area contributed by atoms with Gasteiger partial charge in [-0.3, -0.25) is 0 Å². The van der Waals surface area contributed by atoms with Gasteiger partial charge in [-0.2, -0.15) is 9.36 Å². The minimum absolute atomic E-state index is 0.203. The lowest BCUT2D eigenvalue weighted by Crippen LogP contribution is -2.21. The van der Waals surface area contributed by atoms with E-state index in [1.54, 1.807) is 12.3 Å². The Balaban J connectivity index is 3.11. The van der Waals surface area contributed by atoms with Crippen LogP contribution in [0.25, 0.3) is 6.20 Å². The van der Waals surface area contributed by atoms with Crippen molar-refractivity contribution in [2.24, 2.45) is 0 Å². The Morgan fingerprint density at radius 1 is 1.55 bits per heavy atom. The fourth-order valence-corrected chi connectivity index (χ4v) is 0.719. The zero-order valence-electron chi connectivity index (χ0n) is 6.56. The fraction of sp³-hybridized carbons (Fsp3) is 0.500. The number of hydrogen-bond donors (Lipinski definition) is 0. The molecule has 1 heterocycles. The van der Waals surface area contributed by atoms with E-state index in [0.29, 0.717) is 6.54 Å². The van der Waals surface area contributed by atoms with Gasteiger partial charge < -0.3 is 0 Å². The molecular formula is C6H10N4O. The number of rotatable bonds is 2. The zero-order valence-corrected chi connectivity index (χ0v) is 6.56. The number of nitrogens with zero attached hydrogens (tertiary/aromatic N) is 4. The summed E-state index contributed by atoms with van der Waals surface area (Å²) in [4.78, 5) is 11.1. The van der Waals surface area contributed by atoms with Crippen LogP contribution in [0.2, 0.25) is 0 Å². The second-order valence-corrected chi connectivity index (χ2v) is 2.00. The molecule has 0 atom stereocenters. The van der Waals surface area contributed by atoms with Crippen molar-refractivity contribution in [2.75, 3.05) is 0 Å². The van der Waals surface area contributed by atoms with Crippen molar-refractivity contribution in [3.63, 3.8) is 0 Å². The lowest BCUT2D eigenvalue weighted by molar-refractivity contribution is 0.609.